The first kappa shape index (κ1) is 6.61. The van der Waals surface area contributed by atoms with Crippen LogP contribution in [0.25, 0.3) is 0 Å². The van der Waals surface area contributed by atoms with Gasteiger partial charge in [0.25, 0.3) is 0 Å². The summed E-state index contributed by atoms with van der Waals surface area (Å²) >= 11 is 3.48. The molecule has 0 unspecified atom stereocenters. The zero-order chi connectivity index (χ0) is 5.91. The number of rotatable bonds is 1. The molecule has 0 aromatic heterocycles. The van der Waals surface area contributed by atoms with Gasteiger partial charge in [0.15, 0.2) is 0 Å². The predicted octanol–water partition coefficient (Wildman–Crippen LogP) is 1.17. The van der Waals surface area contributed by atoms with Gasteiger partial charge in [-0.05, 0) is 4.53 Å². The molecule has 0 saturated carbocycles. The van der Waals surface area contributed by atoms with E-state index in [1.54, 1.807) is 0 Å². The molecule has 0 aromatic carbocycles. The highest BCUT2D eigenvalue weighted by Gasteiger charge is 2.30. The van der Waals surface area contributed by atoms with E-state index in [2.05, 4.69) is 17.3 Å². The Hall–Kier alpha value is -0.390. The molecule has 0 rings (SSSR count). The summed E-state index contributed by atoms with van der Waals surface area (Å²) in [6.45, 7) is 0. The molecule has 6 heteroatoms. The number of hydrogen-bond acceptors (Lipinski definition) is 3. The molecule has 42 valence electrons. The van der Waals surface area contributed by atoms with Gasteiger partial charge in [0.2, 0.25) is 0 Å². The minimum absolute atomic E-state index is 1.97. The fraction of sp³-hybridized carbons (Fsp3) is 1.00. The zero-order valence-corrected chi connectivity index (χ0v) is 3.71. The van der Waals surface area contributed by atoms with Gasteiger partial charge in [0.05, 0.1) is 12.4 Å². The van der Waals surface area contributed by atoms with E-state index in [1.165, 1.54) is 0 Å². The summed E-state index contributed by atoms with van der Waals surface area (Å²) in [4.78, 5) is 2.67. The van der Waals surface area contributed by atoms with Gasteiger partial charge in [-0.25, -0.2) is 0 Å². The second-order valence-corrected chi connectivity index (χ2v) is 0.761. The lowest BCUT2D eigenvalue weighted by Crippen LogP contribution is -2.07. The molecule has 0 aliphatic carbocycles. The van der Waals surface area contributed by atoms with Crippen LogP contribution >= 0.6 is 0 Å². The fourth-order valence-electron chi connectivity index (χ4n) is 0.0423. The van der Waals surface area contributed by atoms with Crippen molar-refractivity contribution in [2.45, 2.75) is 6.36 Å². The molecule has 0 radical (unpaired) electrons. The van der Waals surface area contributed by atoms with Crippen LogP contribution in [-0.2, 0) is 17.3 Å². The van der Waals surface area contributed by atoms with E-state index < -0.39 is 6.36 Å². The van der Waals surface area contributed by atoms with Gasteiger partial charge in [-0.1, -0.05) is 0 Å². The Morgan fingerprint density at radius 2 is 1.86 bits per heavy atom. The van der Waals surface area contributed by atoms with E-state index in [9.17, 15) is 13.2 Å². The predicted molar refractivity (Wildman–Crippen MR) is 16.9 cm³/mol. The first-order valence-electron chi connectivity index (χ1n) is 1.14. The Morgan fingerprint density at radius 3 is 1.86 bits per heavy atom. The molecular formula is CF3NOS. The minimum Gasteiger partial charge on any atom is -0.282 e. The van der Waals surface area contributed by atoms with Crippen molar-refractivity contribution >= 4 is 12.4 Å². The first-order chi connectivity index (χ1) is 3.06. The van der Waals surface area contributed by atoms with Crippen LogP contribution in [0.15, 0.2) is 4.53 Å². The Labute approximate surface area is 42.4 Å². The second kappa shape index (κ2) is 2.06. The molecule has 0 spiro atoms. The molecule has 0 aromatic rings. The zero-order valence-electron chi connectivity index (χ0n) is 2.90. The van der Waals surface area contributed by atoms with Crippen molar-refractivity contribution in [3.8, 4) is 0 Å². The van der Waals surface area contributed by atoms with Crippen LogP contribution in [0.4, 0.5) is 13.2 Å². The number of nitrogens with zero attached hydrogens (tertiary/aromatic N) is 1. The van der Waals surface area contributed by atoms with Crippen LogP contribution in [-0.4, -0.2) is 6.36 Å². The first-order valence-corrected chi connectivity index (χ1v) is 1.50. The van der Waals surface area contributed by atoms with E-state index in [0.717, 1.165) is 0 Å². The van der Waals surface area contributed by atoms with Gasteiger partial charge in [0.1, 0.15) is 0 Å². The van der Waals surface area contributed by atoms with Crippen molar-refractivity contribution in [2.75, 3.05) is 0 Å². The number of alkyl halides is 3. The molecular weight excluding hydrogens is 131 g/mol. The largest absolute Gasteiger partial charge is 0.593 e. The Morgan fingerprint density at radius 1 is 1.43 bits per heavy atom. The molecule has 0 saturated heterocycles. The van der Waals surface area contributed by atoms with E-state index in [4.69, 9.17) is 0 Å². The quantitative estimate of drug-likeness (QED) is 0.498. The maximum absolute atomic E-state index is 10.7. The van der Waals surface area contributed by atoms with Gasteiger partial charge in [0, 0.05) is 0 Å². The summed E-state index contributed by atoms with van der Waals surface area (Å²) < 4.78 is 34.0. The minimum atomic E-state index is -4.72. The topological polar surface area (TPSA) is 21.6 Å². The molecule has 2 nitrogen and oxygen atoms in total. The van der Waals surface area contributed by atoms with Gasteiger partial charge < -0.3 is 0 Å². The van der Waals surface area contributed by atoms with Gasteiger partial charge in [-0.2, -0.15) is 0 Å². The molecule has 7 heavy (non-hydrogen) atoms. The van der Waals surface area contributed by atoms with Crippen molar-refractivity contribution in [3.63, 3.8) is 0 Å². The summed E-state index contributed by atoms with van der Waals surface area (Å²) in [6.07, 6.45) is -4.72. The van der Waals surface area contributed by atoms with Gasteiger partial charge >= 0.3 is 6.36 Å². The number of hydrogen-bond donors (Lipinski definition) is 0. The standard InChI is InChI=1S/CF3NOS/c2-1(3,4)6-5-7. The highest BCUT2D eigenvalue weighted by Crippen LogP contribution is 2.15. The lowest BCUT2D eigenvalue weighted by molar-refractivity contribution is -0.323. The molecule has 0 N–H and O–H groups in total. The maximum atomic E-state index is 10.7. The molecule has 0 atom stereocenters. The monoisotopic (exact) mass is 131 g/mol. The van der Waals surface area contributed by atoms with E-state index in [-0.39, 0.29) is 0 Å². The molecule has 0 fully saturated rings. The lowest BCUT2D eigenvalue weighted by Gasteiger charge is -1.96. The average Bonchev–Trinajstić information content (AvgIpc) is 1.30. The summed E-state index contributed by atoms with van der Waals surface area (Å²) in [5.41, 5.74) is 0. The SMILES string of the molecule is FC(F)(F)ON=S. The lowest BCUT2D eigenvalue weighted by atomic mass is 11.4. The van der Waals surface area contributed by atoms with Crippen LogP contribution in [0.1, 0.15) is 0 Å². The highest BCUT2D eigenvalue weighted by atomic mass is 32.1. The smallest absolute Gasteiger partial charge is 0.282 e. The van der Waals surface area contributed by atoms with Crippen LogP contribution < -0.4 is 0 Å². The van der Waals surface area contributed by atoms with Gasteiger partial charge in [-0.15, -0.1) is 13.2 Å². The molecule has 0 bridgehead atoms. The second-order valence-electron chi connectivity index (χ2n) is 0.612. The van der Waals surface area contributed by atoms with E-state index in [0.29, 0.717) is 0 Å². The van der Waals surface area contributed by atoms with Crippen LogP contribution in [0, 0.1) is 0 Å². The van der Waals surface area contributed by atoms with Crippen molar-refractivity contribution in [2.24, 2.45) is 4.53 Å². The average molecular weight is 131 g/mol. The molecule has 0 aliphatic heterocycles. The van der Waals surface area contributed by atoms with E-state index in [1.807, 2.05) is 4.53 Å². The van der Waals surface area contributed by atoms with Crippen molar-refractivity contribution in [3.05, 3.63) is 0 Å². The third kappa shape index (κ3) is 5.61. The maximum Gasteiger partial charge on any atom is 0.593 e. The Kier molecular flexibility index (Phi) is 1.94. The third-order valence-corrected chi connectivity index (χ3v) is 0.215. The van der Waals surface area contributed by atoms with Crippen LogP contribution in [0.3, 0.4) is 0 Å². The van der Waals surface area contributed by atoms with Crippen molar-refractivity contribution in [1.29, 1.82) is 0 Å². The Balaban J connectivity index is 3.34. The number of halogens is 3. The van der Waals surface area contributed by atoms with Crippen LogP contribution in [0.5, 0.6) is 0 Å². The summed E-state index contributed by atoms with van der Waals surface area (Å²) in [5.74, 6) is 0. The van der Waals surface area contributed by atoms with Gasteiger partial charge in [-0.3, -0.25) is 4.84 Å². The molecule has 0 heterocycles. The summed E-state index contributed by atoms with van der Waals surface area (Å²) in [7, 11) is 0. The fourth-order valence-corrected chi connectivity index (χ4v) is 0.127. The molecule has 0 aliphatic rings. The summed E-state index contributed by atoms with van der Waals surface area (Å²) in [5, 5.41) is 0. The Bertz CT molecular complexity index is 69.8. The summed E-state index contributed by atoms with van der Waals surface area (Å²) in [6, 6.07) is 0. The normalized spacial score (nSPS) is 10.7. The van der Waals surface area contributed by atoms with Crippen molar-refractivity contribution < 1.29 is 18.0 Å². The molecule has 0 amide bonds. The van der Waals surface area contributed by atoms with E-state index >= 15 is 0 Å². The highest BCUT2D eigenvalue weighted by molar-refractivity contribution is 7.47. The third-order valence-electron chi connectivity index (χ3n) is 0.141. The van der Waals surface area contributed by atoms with Crippen molar-refractivity contribution in [1.82, 2.24) is 0 Å². The van der Waals surface area contributed by atoms with Crippen LogP contribution in [0.2, 0.25) is 0 Å².